The second-order valence-corrected chi connectivity index (χ2v) is 8.12. The van der Waals surface area contributed by atoms with Crippen LogP contribution in [0.5, 0.6) is 0 Å². The highest BCUT2D eigenvalue weighted by Crippen LogP contribution is 2.25. The highest BCUT2D eigenvalue weighted by molar-refractivity contribution is 9.28. The molecule has 1 aromatic carbocycles. The van der Waals surface area contributed by atoms with E-state index < -0.39 is 16.0 Å². The highest BCUT2D eigenvalue weighted by atomic mass is 79.9. The van der Waals surface area contributed by atoms with Gasteiger partial charge in [-0.3, -0.25) is 4.72 Å². The summed E-state index contributed by atoms with van der Waals surface area (Å²) in [7, 11) is -2.12. The molecule has 0 aliphatic carbocycles. The van der Waals surface area contributed by atoms with Gasteiger partial charge in [-0.1, -0.05) is 0 Å². The van der Waals surface area contributed by atoms with E-state index in [4.69, 9.17) is 0 Å². The van der Waals surface area contributed by atoms with Crippen LogP contribution in [0.4, 0.5) is 5.69 Å². The van der Waals surface area contributed by atoms with Crippen molar-refractivity contribution in [2.75, 3.05) is 18.1 Å². The summed E-state index contributed by atoms with van der Waals surface area (Å²) in [5, 5.41) is 0. The largest absolute Gasteiger partial charge is 0.465 e. The summed E-state index contributed by atoms with van der Waals surface area (Å²) in [6.45, 7) is 0. The Morgan fingerprint density at radius 1 is 1.37 bits per heavy atom. The Bertz CT molecular complexity index is 622. The monoisotopic (exact) mass is 411 g/mol. The minimum Gasteiger partial charge on any atom is -0.465 e. The Balaban J connectivity index is 3.32. The first kappa shape index (κ1) is 16.2. The molecule has 1 N–H and O–H groups in total. The van der Waals surface area contributed by atoms with Gasteiger partial charge in [0.25, 0.3) is 0 Å². The summed E-state index contributed by atoms with van der Waals surface area (Å²) in [6, 6.07) is 4.52. The molecule has 1 rings (SSSR count). The number of methoxy groups -OCH3 is 1. The lowest BCUT2D eigenvalue weighted by Gasteiger charge is -2.09. The predicted octanol–water partition coefficient (Wildman–Crippen LogP) is 2.93. The summed E-state index contributed by atoms with van der Waals surface area (Å²) in [5.41, 5.74) is 1.22. The zero-order valence-corrected chi connectivity index (χ0v) is 14.1. The van der Waals surface area contributed by atoms with Crippen molar-refractivity contribution >= 4 is 59.6 Å². The van der Waals surface area contributed by atoms with Crippen LogP contribution < -0.4 is 4.72 Å². The fraction of sp³-hybridized carbons (Fsp3) is 0.182. The minimum absolute atomic E-state index is 0.328. The predicted molar refractivity (Wildman–Crippen MR) is 82.1 cm³/mol. The van der Waals surface area contributed by atoms with E-state index in [0.717, 1.165) is 6.26 Å². The van der Waals surface area contributed by atoms with Crippen LogP contribution in [0.15, 0.2) is 21.6 Å². The maximum Gasteiger partial charge on any atom is 0.337 e. The van der Waals surface area contributed by atoms with Crippen molar-refractivity contribution in [3.8, 4) is 0 Å². The van der Waals surface area contributed by atoms with Gasteiger partial charge < -0.3 is 4.74 Å². The molecular weight excluding hydrogens is 402 g/mol. The highest BCUT2D eigenvalue weighted by Gasteiger charge is 2.11. The number of rotatable bonds is 4. The third kappa shape index (κ3) is 5.33. The minimum atomic E-state index is -3.40. The first-order valence-corrected chi connectivity index (χ1v) is 8.43. The second kappa shape index (κ2) is 6.53. The van der Waals surface area contributed by atoms with Crippen LogP contribution in [0.25, 0.3) is 6.08 Å². The Morgan fingerprint density at radius 3 is 2.47 bits per heavy atom. The summed E-state index contributed by atoms with van der Waals surface area (Å²) in [5.74, 6) is -0.494. The van der Waals surface area contributed by atoms with Crippen molar-refractivity contribution < 1.29 is 17.9 Å². The molecule has 0 saturated carbocycles. The topological polar surface area (TPSA) is 72.5 Å². The number of esters is 1. The van der Waals surface area contributed by atoms with Crippen molar-refractivity contribution in [1.29, 1.82) is 0 Å². The van der Waals surface area contributed by atoms with Gasteiger partial charge in [-0.2, -0.15) is 0 Å². The molecule has 0 aromatic heterocycles. The molecule has 104 valence electrons. The number of hydrogen-bond acceptors (Lipinski definition) is 4. The molecule has 0 radical (unpaired) electrons. The van der Waals surface area contributed by atoms with E-state index in [0.29, 0.717) is 20.2 Å². The van der Waals surface area contributed by atoms with Crippen LogP contribution in [-0.2, 0) is 14.8 Å². The molecule has 0 aliphatic rings. The van der Waals surface area contributed by atoms with Crippen LogP contribution in [0, 0.1) is 0 Å². The number of hydrogen-bond donors (Lipinski definition) is 1. The SMILES string of the molecule is COC(=O)c1ccc(NS(C)(=O)=O)c(C=C(Br)Br)c1. The number of sulfonamides is 1. The first-order chi connectivity index (χ1) is 8.73. The Morgan fingerprint density at radius 2 is 2.00 bits per heavy atom. The molecule has 0 atom stereocenters. The quantitative estimate of drug-likeness (QED) is 0.771. The number of nitrogens with one attached hydrogen (secondary N) is 1. The number of halogens is 2. The van der Waals surface area contributed by atoms with Crippen LogP contribution in [0.2, 0.25) is 0 Å². The molecule has 0 amide bonds. The van der Waals surface area contributed by atoms with Gasteiger partial charge in [0.15, 0.2) is 0 Å². The summed E-state index contributed by atoms with van der Waals surface area (Å²) < 4.78 is 30.1. The fourth-order valence-electron chi connectivity index (χ4n) is 1.34. The van der Waals surface area contributed by atoms with E-state index in [9.17, 15) is 13.2 Å². The van der Waals surface area contributed by atoms with E-state index >= 15 is 0 Å². The Labute approximate surface area is 128 Å². The fourth-order valence-corrected chi connectivity index (χ4v) is 2.42. The molecule has 0 spiro atoms. The molecule has 8 heteroatoms. The van der Waals surface area contributed by atoms with E-state index in [1.165, 1.54) is 25.3 Å². The molecule has 0 aliphatic heterocycles. The maximum absolute atomic E-state index is 11.4. The molecule has 1 aromatic rings. The van der Waals surface area contributed by atoms with Gasteiger partial charge in [0.1, 0.15) is 0 Å². The van der Waals surface area contributed by atoms with Gasteiger partial charge in [0, 0.05) is 5.56 Å². The average molecular weight is 413 g/mol. The van der Waals surface area contributed by atoms with Crippen molar-refractivity contribution in [1.82, 2.24) is 0 Å². The second-order valence-electron chi connectivity index (χ2n) is 3.60. The van der Waals surface area contributed by atoms with Crippen molar-refractivity contribution in [3.05, 3.63) is 32.7 Å². The number of benzene rings is 1. The standard InChI is InChI=1S/C11H11Br2NO4S/c1-18-11(15)7-3-4-9(14-19(2,16)17)8(5-7)6-10(12)13/h3-6,14H,1-2H3. The Hall–Kier alpha value is -0.860. The van der Waals surface area contributed by atoms with Crippen molar-refractivity contribution in [3.63, 3.8) is 0 Å². The van der Waals surface area contributed by atoms with Gasteiger partial charge in [-0.15, -0.1) is 0 Å². The van der Waals surface area contributed by atoms with E-state index in [2.05, 4.69) is 41.3 Å². The van der Waals surface area contributed by atoms with Gasteiger partial charge in [-0.25, -0.2) is 13.2 Å². The van der Waals surface area contributed by atoms with Gasteiger partial charge in [0.05, 0.1) is 28.0 Å². The number of anilines is 1. The first-order valence-electron chi connectivity index (χ1n) is 4.96. The van der Waals surface area contributed by atoms with Crippen LogP contribution in [-0.4, -0.2) is 27.8 Å². The van der Waals surface area contributed by atoms with Crippen molar-refractivity contribution in [2.45, 2.75) is 0 Å². The molecule has 19 heavy (non-hydrogen) atoms. The summed E-state index contributed by atoms with van der Waals surface area (Å²) >= 11 is 6.38. The summed E-state index contributed by atoms with van der Waals surface area (Å²) in [6.07, 6.45) is 2.68. The molecule has 0 heterocycles. The molecule has 0 fully saturated rings. The van der Waals surface area contributed by atoms with E-state index in [-0.39, 0.29) is 0 Å². The van der Waals surface area contributed by atoms with Crippen LogP contribution in [0.3, 0.4) is 0 Å². The Kier molecular flexibility index (Phi) is 5.57. The molecule has 5 nitrogen and oxygen atoms in total. The zero-order valence-electron chi connectivity index (χ0n) is 10.1. The van der Waals surface area contributed by atoms with Crippen molar-refractivity contribution in [2.24, 2.45) is 0 Å². The number of ether oxygens (including phenoxy) is 1. The average Bonchev–Trinajstić information content (AvgIpc) is 2.28. The molecule has 0 bridgehead atoms. The van der Waals surface area contributed by atoms with Gasteiger partial charge in [0.2, 0.25) is 10.0 Å². The summed E-state index contributed by atoms with van der Waals surface area (Å²) in [4.78, 5) is 11.4. The van der Waals surface area contributed by atoms with Crippen LogP contribution in [0.1, 0.15) is 15.9 Å². The number of carbonyl (C=O) groups is 1. The van der Waals surface area contributed by atoms with Gasteiger partial charge in [-0.05, 0) is 56.1 Å². The lowest BCUT2D eigenvalue weighted by Crippen LogP contribution is -2.11. The molecule has 0 unspecified atom stereocenters. The van der Waals surface area contributed by atoms with E-state index in [1.54, 1.807) is 6.08 Å². The molecular formula is C11H11Br2NO4S. The lowest BCUT2D eigenvalue weighted by atomic mass is 10.1. The zero-order chi connectivity index (χ0) is 14.6. The number of carbonyl (C=O) groups excluding carboxylic acids is 1. The van der Waals surface area contributed by atoms with Crippen LogP contribution >= 0.6 is 31.9 Å². The molecule has 0 saturated heterocycles. The lowest BCUT2D eigenvalue weighted by molar-refractivity contribution is 0.0600. The smallest absolute Gasteiger partial charge is 0.337 e. The van der Waals surface area contributed by atoms with Gasteiger partial charge >= 0.3 is 5.97 Å². The van der Waals surface area contributed by atoms with E-state index in [1.807, 2.05) is 0 Å². The third-order valence-corrected chi connectivity index (χ3v) is 3.08. The normalized spacial score (nSPS) is 10.7. The third-order valence-electron chi connectivity index (χ3n) is 2.03. The maximum atomic E-state index is 11.4.